The molecule has 94 valence electrons. The molecule has 3 aromatic rings. The van der Waals surface area contributed by atoms with Crippen molar-refractivity contribution < 1.29 is 0 Å². The molecule has 0 radical (unpaired) electrons. The molecule has 1 saturated heterocycles. The first-order valence-electron chi connectivity index (χ1n) is 7.08. The predicted octanol–water partition coefficient (Wildman–Crippen LogP) is 4.59. The average Bonchev–Trinajstić information content (AvgIpc) is 2.98. The highest BCUT2D eigenvalue weighted by Crippen LogP contribution is 2.32. The van der Waals surface area contributed by atoms with E-state index in [9.17, 15) is 0 Å². The molecule has 1 heterocycles. The molecule has 1 aliphatic rings. The molecule has 1 nitrogen and oxygen atoms in total. The van der Waals surface area contributed by atoms with Gasteiger partial charge < -0.3 is 4.90 Å². The van der Waals surface area contributed by atoms with Gasteiger partial charge in [0.05, 0.1) is 0 Å². The van der Waals surface area contributed by atoms with Crippen LogP contribution < -0.4 is 4.90 Å². The zero-order valence-electron chi connectivity index (χ0n) is 11.0. The van der Waals surface area contributed by atoms with E-state index in [1.54, 1.807) is 0 Å². The Labute approximate surface area is 113 Å². The lowest BCUT2D eigenvalue weighted by atomic mass is 10.0. The Morgan fingerprint density at radius 2 is 1.37 bits per heavy atom. The van der Waals surface area contributed by atoms with Gasteiger partial charge in [0.1, 0.15) is 0 Å². The summed E-state index contributed by atoms with van der Waals surface area (Å²) in [5.74, 6) is 0. The van der Waals surface area contributed by atoms with Crippen LogP contribution in [0.15, 0.2) is 54.6 Å². The SMILES string of the molecule is c1ccc2cc3c(N4CCCC4)cccc3cc2c1. The van der Waals surface area contributed by atoms with Gasteiger partial charge in [-0.15, -0.1) is 0 Å². The van der Waals surface area contributed by atoms with E-state index >= 15 is 0 Å². The highest BCUT2D eigenvalue weighted by atomic mass is 15.1. The van der Waals surface area contributed by atoms with E-state index in [2.05, 4.69) is 59.5 Å². The largest absolute Gasteiger partial charge is 0.371 e. The van der Waals surface area contributed by atoms with Gasteiger partial charge >= 0.3 is 0 Å². The molecule has 0 bridgehead atoms. The maximum atomic E-state index is 2.52. The number of anilines is 1. The molecule has 0 unspecified atom stereocenters. The molecule has 0 N–H and O–H groups in total. The van der Waals surface area contributed by atoms with Crippen LogP contribution in [0.1, 0.15) is 12.8 Å². The summed E-state index contributed by atoms with van der Waals surface area (Å²) in [5.41, 5.74) is 1.40. The van der Waals surface area contributed by atoms with Crippen LogP contribution in [0.3, 0.4) is 0 Å². The highest BCUT2D eigenvalue weighted by molar-refractivity contribution is 6.03. The molecule has 0 amide bonds. The van der Waals surface area contributed by atoms with Crippen molar-refractivity contribution in [2.45, 2.75) is 12.8 Å². The smallest absolute Gasteiger partial charge is 0.0446 e. The fourth-order valence-electron chi connectivity index (χ4n) is 3.18. The van der Waals surface area contributed by atoms with Gasteiger partial charge in [-0.2, -0.15) is 0 Å². The first kappa shape index (κ1) is 10.9. The lowest BCUT2D eigenvalue weighted by Crippen LogP contribution is -2.17. The Kier molecular flexibility index (Phi) is 2.44. The quantitative estimate of drug-likeness (QED) is 0.568. The summed E-state index contributed by atoms with van der Waals surface area (Å²) in [7, 11) is 0. The fourth-order valence-corrected chi connectivity index (χ4v) is 3.18. The van der Waals surface area contributed by atoms with Crippen molar-refractivity contribution in [2.24, 2.45) is 0 Å². The van der Waals surface area contributed by atoms with E-state index in [0.29, 0.717) is 0 Å². The van der Waals surface area contributed by atoms with E-state index in [0.717, 1.165) is 0 Å². The number of rotatable bonds is 1. The molecule has 3 aromatic carbocycles. The van der Waals surface area contributed by atoms with E-state index in [-0.39, 0.29) is 0 Å². The lowest BCUT2D eigenvalue weighted by molar-refractivity contribution is 0.949. The van der Waals surface area contributed by atoms with Gasteiger partial charge in [0.2, 0.25) is 0 Å². The zero-order chi connectivity index (χ0) is 12.7. The molecule has 19 heavy (non-hydrogen) atoms. The number of hydrogen-bond acceptors (Lipinski definition) is 1. The highest BCUT2D eigenvalue weighted by Gasteiger charge is 2.14. The molecule has 1 heteroatoms. The van der Waals surface area contributed by atoms with Gasteiger partial charge in [0, 0.05) is 24.2 Å². The third-order valence-electron chi connectivity index (χ3n) is 4.17. The minimum Gasteiger partial charge on any atom is -0.371 e. The Hall–Kier alpha value is -2.02. The Morgan fingerprint density at radius 3 is 2.16 bits per heavy atom. The molecule has 0 atom stereocenters. The molecule has 1 aliphatic heterocycles. The van der Waals surface area contributed by atoms with E-state index < -0.39 is 0 Å². The maximum absolute atomic E-state index is 2.52. The van der Waals surface area contributed by atoms with Crippen LogP contribution in [0.4, 0.5) is 5.69 Å². The zero-order valence-corrected chi connectivity index (χ0v) is 11.0. The Morgan fingerprint density at radius 1 is 0.684 bits per heavy atom. The number of fused-ring (bicyclic) bond motifs is 2. The van der Waals surface area contributed by atoms with E-state index in [4.69, 9.17) is 0 Å². The molecule has 0 aromatic heterocycles. The van der Waals surface area contributed by atoms with Crippen molar-refractivity contribution in [3.63, 3.8) is 0 Å². The summed E-state index contributed by atoms with van der Waals surface area (Å²) in [6.45, 7) is 2.40. The minimum atomic E-state index is 1.20. The maximum Gasteiger partial charge on any atom is 0.0446 e. The van der Waals surface area contributed by atoms with Gasteiger partial charge in [-0.25, -0.2) is 0 Å². The Balaban J connectivity index is 2.00. The van der Waals surface area contributed by atoms with Gasteiger partial charge in [0.25, 0.3) is 0 Å². The lowest BCUT2D eigenvalue weighted by Gasteiger charge is -2.20. The van der Waals surface area contributed by atoms with Crippen molar-refractivity contribution >= 4 is 27.2 Å². The van der Waals surface area contributed by atoms with E-state index in [1.807, 2.05) is 0 Å². The summed E-state index contributed by atoms with van der Waals surface area (Å²) in [6, 6.07) is 20.0. The molecular weight excluding hydrogens is 230 g/mol. The number of nitrogens with zero attached hydrogens (tertiary/aromatic N) is 1. The second-order valence-electron chi connectivity index (χ2n) is 5.39. The topological polar surface area (TPSA) is 3.24 Å². The van der Waals surface area contributed by atoms with Crippen molar-refractivity contribution in [3.05, 3.63) is 54.6 Å². The van der Waals surface area contributed by atoms with Gasteiger partial charge in [0.15, 0.2) is 0 Å². The van der Waals surface area contributed by atoms with E-state index in [1.165, 1.54) is 53.2 Å². The second kappa shape index (κ2) is 4.27. The fraction of sp³-hybridized carbons (Fsp3) is 0.222. The predicted molar refractivity (Wildman–Crippen MR) is 82.9 cm³/mol. The second-order valence-corrected chi connectivity index (χ2v) is 5.39. The molecule has 0 aliphatic carbocycles. The monoisotopic (exact) mass is 247 g/mol. The normalized spacial score (nSPS) is 15.5. The molecule has 4 rings (SSSR count). The summed E-state index contributed by atoms with van der Waals surface area (Å²) in [4.78, 5) is 2.52. The molecular formula is C18H17N. The van der Waals surface area contributed by atoms with Crippen LogP contribution in [-0.2, 0) is 0 Å². The van der Waals surface area contributed by atoms with Crippen molar-refractivity contribution in [2.75, 3.05) is 18.0 Å². The first-order chi connectivity index (χ1) is 9.42. The van der Waals surface area contributed by atoms with Crippen molar-refractivity contribution in [1.29, 1.82) is 0 Å². The first-order valence-corrected chi connectivity index (χ1v) is 7.08. The van der Waals surface area contributed by atoms with Crippen LogP contribution in [-0.4, -0.2) is 13.1 Å². The summed E-state index contributed by atoms with van der Waals surface area (Å²) in [5, 5.41) is 5.40. The van der Waals surface area contributed by atoms with Gasteiger partial charge in [-0.05, 0) is 47.2 Å². The van der Waals surface area contributed by atoms with Crippen molar-refractivity contribution in [3.8, 4) is 0 Å². The third kappa shape index (κ3) is 1.77. The standard InChI is InChI=1S/C18H17N/c1-2-7-15-13-17-16(12-14(15)6-1)8-5-9-18(17)19-10-3-4-11-19/h1-2,5-9,12-13H,3-4,10-11H2. The average molecular weight is 247 g/mol. The van der Waals surface area contributed by atoms with Gasteiger partial charge in [-0.3, -0.25) is 0 Å². The summed E-state index contributed by atoms with van der Waals surface area (Å²) < 4.78 is 0. The van der Waals surface area contributed by atoms with Crippen LogP contribution in [0.25, 0.3) is 21.5 Å². The molecule has 0 spiro atoms. The van der Waals surface area contributed by atoms with Crippen LogP contribution in [0.5, 0.6) is 0 Å². The van der Waals surface area contributed by atoms with Crippen molar-refractivity contribution in [1.82, 2.24) is 0 Å². The number of benzene rings is 3. The molecule has 0 saturated carbocycles. The summed E-state index contributed by atoms with van der Waals surface area (Å²) >= 11 is 0. The third-order valence-corrected chi connectivity index (χ3v) is 4.17. The van der Waals surface area contributed by atoms with Gasteiger partial charge in [-0.1, -0.05) is 36.4 Å². The number of hydrogen-bond donors (Lipinski definition) is 0. The van der Waals surface area contributed by atoms with Crippen LogP contribution in [0.2, 0.25) is 0 Å². The minimum absolute atomic E-state index is 1.20. The van der Waals surface area contributed by atoms with Crippen LogP contribution >= 0.6 is 0 Å². The Bertz CT molecular complexity index is 739. The molecule has 1 fully saturated rings. The van der Waals surface area contributed by atoms with Crippen LogP contribution in [0, 0.1) is 0 Å². The summed E-state index contributed by atoms with van der Waals surface area (Å²) in [6.07, 6.45) is 2.65.